The minimum atomic E-state index is -0.573. The fraction of sp³-hybridized carbons (Fsp3) is 0.462. The fourth-order valence-corrected chi connectivity index (χ4v) is 2.27. The third-order valence-electron chi connectivity index (χ3n) is 3.17. The number of aliphatic hydroxyl groups excluding tert-OH is 1. The van der Waals surface area contributed by atoms with Crippen LogP contribution in [0.5, 0.6) is 5.75 Å². The van der Waals surface area contributed by atoms with E-state index >= 15 is 0 Å². The molecular formula is C13H17ClN2O3. The molecule has 104 valence electrons. The number of piperidine rings is 1. The van der Waals surface area contributed by atoms with E-state index in [-0.39, 0.29) is 11.9 Å². The number of hydrogen-bond acceptors (Lipinski definition) is 4. The maximum atomic E-state index is 12.2. The van der Waals surface area contributed by atoms with Gasteiger partial charge in [0.25, 0.3) is 5.91 Å². The first-order chi connectivity index (χ1) is 9.11. The third-order valence-corrected chi connectivity index (χ3v) is 3.41. The number of ether oxygens (including phenoxy) is 1. The van der Waals surface area contributed by atoms with Gasteiger partial charge in [0.05, 0.1) is 24.8 Å². The molecule has 0 aliphatic carbocycles. The van der Waals surface area contributed by atoms with Gasteiger partial charge in [0, 0.05) is 11.6 Å². The molecule has 1 aromatic rings. The molecule has 0 unspecified atom stereocenters. The SMILES string of the molecule is COc1cc(Cl)ccc1C(=O)N[C@@H]1CCNC[C@H]1O. The van der Waals surface area contributed by atoms with Crippen LogP contribution in [0.25, 0.3) is 0 Å². The number of carbonyl (C=O) groups is 1. The average molecular weight is 285 g/mol. The number of β-amino-alcohol motifs (C(OH)–C–C–N with tert-alkyl or cyclic N) is 1. The molecule has 1 heterocycles. The van der Waals surface area contributed by atoms with Gasteiger partial charge in [-0.2, -0.15) is 0 Å². The van der Waals surface area contributed by atoms with Crippen LogP contribution in [0, 0.1) is 0 Å². The van der Waals surface area contributed by atoms with Crippen molar-refractivity contribution < 1.29 is 14.6 Å². The number of aliphatic hydroxyl groups is 1. The summed E-state index contributed by atoms with van der Waals surface area (Å²) in [7, 11) is 1.49. The van der Waals surface area contributed by atoms with Crippen molar-refractivity contribution in [1.29, 1.82) is 0 Å². The standard InChI is InChI=1S/C13H17ClN2O3/c1-19-12-6-8(14)2-3-9(12)13(18)16-10-4-5-15-7-11(10)17/h2-3,6,10-11,15,17H,4-5,7H2,1H3,(H,16,18)/t10-,11-/m1/s1. The monoisotopic (exact) mass is 284 g/mol. The topological polar surface area (TPSA) is 70.6 Å². The Morgan fingerprint density at radius 3 is 3.05 bits per heavy atom. The quantitative estimate of drug-likeness (QED) is 0.768. The number of benzene rings is 1. The predicted octanol–water partition coefficient (Wildman–Crippen LogP) is 0.801. The molecule has 2 rings (SSSR count). The molecule has 1 aliphatic rings. The number of methoxy groups -OCH3 is 1. The lowest BCUT2D eigenvalue weighted by Crippen LogP contribution is -2.52. The lowest BCUT2D eigenvalue weighted by atomic mass is 10.0. The molecule has 6 heteroatoms. The smallest absolute Gasteiger partial charge is 0.255 e. The van der Waals surface area contributed by atoms with Gasteiger partial charge in [-0.3, -0.25) is 4.79 Å². The average Bonchev–Trinajstić information content (AvgIpc) is 2.41. The Hall–Kier alpha value is -1.30. The van der Waals surface area contributed by atoms with E-state index in [0.717, 1.165) is 6.54 Å². The van der Waals surface area contributed by atoms with E-state index in [1.807, 2.05) is 0 Å². The van der Waals surface area contributed by atoms with Crippen molar-refractivity contribution in [3.05, 3.63) is 28.8 Å². The van der Waals surface area contributed by atoms with E-state index in [2.05, 4.69) is 10.6 Å². The lowest BCUT2D eigenvalue weighted by Gasteiger charge is -2.29. The zero-order chi connectivity index (χ0) is 13.8. The molecule has 1 fully saturated rings. The molecule has 0 radical (unpaired) electrons. The molecule has 1 saturated heterocycles. The van der Waals surface area contributed by atoms with Crippen LogP contribution in [0.15, 0.2) is 18.2 Å². The van der Waals surface area contributed by atoms with Gasteiger partial charge < -0.3 is 20.5 Å². The minimum absolute atomic E-state index is 0.242. The second-order valence-corrected chi connectivity index (χ2v) is 4.92. The molecule has 1 aliphatic heterocycles. The molecule has 0 spiro atoms. The molecule has 0 bridgehead atoms. The number of nitrogens with one attached hydrogen (secondary N) is 2. The fourth-order valence-electron chi connectivity index (χ4n) is 2.11. The van der Waals surface area contributed by atoms with E-state index in [9.17, 15) is 9.90 Å². The highest BCUT2D eigenvalue weighted by molar-refractivity contribution is 6.30. The Morgan fingerprint density at radius 1 is 1.58 bits per heavy atom. The summed E-state index contributed by atoms with van der Waals surface area (Å²) < 4.78 is 5.14. The normalized spacial score (nSPS) is 22.9. The highest BCUT2D eigenvalue weighted by atomic mass is 35.5. The first-order valence-electron chi connectivity index (χ1n) is 6.15. The summed E-state index contributed by atoms with van der Waals surface area (Å²) in [4.78, 5) is 12.2. The molecule has 2 atom stereocenters. The Morgan fingerprint density at radius 2 is 2.37 bits per heavy atom. The van der Waals surface area contributed by atoms with Gasteiger partial charge in [0.2, 0.25) is 0 Å². The zero-order valence-electron chi connectivity index (χ0n) is 10.6. The summed E-state index contributed by atoms with van der Waals surface area (Å²) in [5.41, 5.74) is 0.414. The first kappa shape index (κ1) is 14.1. The summed E-state index contributed by atoms with van der Waals surface area (Å²) in [6.45, 7) is 1.27. The maximum Gasteiger partial charge on any atom is 0.255 e. The first-order valence-corrected chi connectivity index (χ1v) is 6.53. The van der Waals surface area contributed by atoms with Crippen molar-refractivity contribution in [3.63, 3.8) is 0 Å². The van der Waals surface area contributed by atoms with Crippen LogP contribution < -0.4 is 15.4 Å². The summed E-state index contributed by atoms with van der Waals surface area (Å²) in [5, 5.41) is 16.2. The number of halogens is 1. The summed E-state index contributed by atoms with van der Waals surface area (Å²) in [5.74, 6) is 0.160. The van der Waals surface area contributed by atoms with Crippen LogP contribution in [0.2, 0.25) is 5.02 Å². The van der Waals surface area contributed by atoms with Crippen LogP contribution >= 0.6 is 11.6 Å². The molecule has 1 aromatic carbocycles. The maximum absolute atomic E-state index is 12.2. The zero-order valence-corrected chi connectivity index (χ0v) is 11.4. The van der Waals surface area contributed by atoms with Crippen molar-refractivity contribution in [3.8, 4) is 5.75 Å². The summed E-state index contributed by atoms with van der Waals surface area (Å²) in [6, 6.07) is 4.60. The van der Waals surface area contributed by atoms with E-state index < -0.39 is 6.10 Å². The molecule has 3 N–H and O–H groups in total. The molecule has 0 aromatic heterocycles. The van der Waals surface area contributed by atoms with Crippen molar-refractivity contribution in [1.82, 2.24) is 10.6 Å². The highest BCUT2D eigenvalue weighted by Crippen LogP contribution is 2.23. The van der Waals surface area contributed by atoms with E-state index in [4.69, 9.17) is 16.3 Å². The largest absolute Gasteiger partial charge is 0.496 e. The molecular weight excluding hydrogens is 268 g/mol. The van der Waals surface area contributed by atoms with Gasteiger partial charge >= 0.3 is 0 Å². The third kappa shape index (κ3) is 3.37. The number of amides is 1. The van der Waals surface area contributed by atoms with Crippen LogP contribution in [-0.4, -0.2) is 43.4 Å². The summed E-state index contributed by atoms with van der Waals surface area (Å²) in [6.07, 6.45) is 0.124. The van der Waals surface area contributed by atoms with Gasteiger partial charge in [-0.05, 0) is 31.2 Å². The van der Waals surface area contributed by atoms with Crippen molar-refractivity contribution >= 4 is 17.5 Å². The van der Waals surface area contributed by atoms with E-state index in [1.54, 1.807) is 18.2 Å². The summed E-state index contributed by atoms with van der Waals surface area (Å²) >= 11 is 5.86. The molecule has 19 heavy (non-hydrogen) atoms. The molecule has 0 saturated carbocycles. The second-order valence-electron chi connectivity index (χ2n) is 4.48. The second kappa shape index (κ2) is 6.23. The number of rotatable bonds is 3. The molecule has 5 nitrogen and oxygen atoms in total. The van der Waals surface area contributed by atoms with Crippen molar-refractivity contribution in [2.24, 2.45) is 0 Å². The van der Waals surface area contributed by atoms with Crippen molar-refractivity contribution in [2.75, 3.05) is 20.2 Å². The Balaban J connectivity index is 2.11. The number of carbonyl (C=O) groups excluding carboxylic acids is 1. The van der Waals surface area contributed by atoms with Gasteiger partial charge in [-0.15, -0.1) is 0 Å². The van der Waals surface area contributed by atoms with Crippen molar-refractivity contribution in [2.45, 2.75) is 18.6 Å². The Labute approximate surface area is 116 Å². The number of hydrogen-bond donors (Lipinski definition) is 3. The van der Waals surface area contributed by atoms with Gasteiger partial charge in [-0.1, -0.05) is 11.6 Å². The minimum Gasteiger partial charge on any atom is -0.496 e. The predicted molar refractivity (Wildman–Crippen MR) is 72.8 cm³/mol. The Bertz CT molecular complexity index is 467. The van der Waals surface area contributed by atoms with Crippen LogP contribution in [0.4, 0.5) is 0 Å². The van der Waals surface area contributed by atoms with Crippen LogP contribution in [-0.2, 0) is 0 Å². The van der Waals surface area contributed by atoms with Gasteiger partial charge in [0.15, 0.2) is 0 Å². The lowest BCUT2D eigenvalue weighted by molar-refractivity contribution is 0.0763. The van der Waals surface area contributed by atoms with E-state index in [0.29, 0.717) is 29.3 Å². The van der Waals surface area contributed by atoms with Crippen LogP contribution in [0.1, 0.15) is 16.8 Å². The van der Waals surface area contributed by atoms with Crippen LogP contribution in [0.3, 0.4) is 0 Å². The highest BCUT2D eigenvalue weighted by Gasteiger charge is 2.25. The Kier molecular flexibility index (Phi) is 4.63. The van der Waals surface area contributed by atoms with Gasteiger partial charge in [-0.25, -0.2) is 0 Å². The van der Waals surface area contributed by atoms with E-state index in [1.165, 1.54) is 7.11 Å². The molecule has 1 amide bonds. The van der Waals surface area contributed by atoms with Gasteiger partial charge in [0.1, 0.15) is 5.75 Å².